The lowest BCUT2D eigenvalue weighted by molar-refractivity contribution is 0.673. The van der Waals surface area contributed by atoms with Gasteiger partial charge in [-0.3, -0.25) is 4.57 Å². The Kier molecular flexibility index (Phi) is 6.29. The lowest BCUT2D eigenvalue weighted by atomic mass is 9.95. The number of benzene rings is 9. The molecule has 5 heteroatoms. The highest BCUT2D eigenvalue weighted by atomic mass is 32.1. The Morgan fingerprint density at radius 2 is 1.18 bits per heavy atom. The lowest BCUT2D eigenvalue weighted by Crippen LogP contribution is -2.03. The number of furan rings is 1. The first kappa shape index (κ1) is 30.9. The van der Waals surface area contributed by atoms with Crippen LogP contribution in [-0.4, -0.2) is 14.5 Å². The minimum absolute atomic E-state index is 0.628. The van der Waals surface area contributed by atoms with Gasteiger partial charge in [-0.2, -0.15) is 0 Å². The van der Waals surface area contributed by atoms with E-state index in [0.29, 0.717) is 5.95 Å². The van der Waals surface area contributed by atoms with Gasteiger partial charge < -0.3 is 4.42 Å². The molecule has 4 heterocycles. The molecule has 0 aliphatic rings. The minimum Gasteiger partial charge on any atom is -0.455 e. The molecule has 0 bridgehead atoms. The van der Waals surface area contributed by atoms with Crippen molar-refractivity contribution in [2.24, 2.45) is 0 Å². The molecule has 9 aromatic carbocycles. The summed E-state index contributed by atoms with van der Waals surface area (Å²) in [5.41, 5.74) is 8.98. The largest absolute Gasteiger partial charge is 0.455 e. The molecule has 0 unspecified atom stereocenters. The molecule has 0 aliphatic carbocycles. The van der Waals surface area contributed by atoms with Crippen molar-refractivity contribution >= 4 is 108 Å². The van der Waals surface area contributed by atoms with Gasteiger partial charge in [-0.25, -0.2) is 9.97 Å². The van der Waals surface area contributed by atoms with Gasteiger partial charge in [0.15, 0.2) is 0 Å². The van der Waals surface area contributed by atoms with E-state index in [0.717, 1.165) is 71.5 Å². The maximum Gasteiger partial charge on any atom is 0.235 e. The zero-order valence-electron chi connectivity index (χ0n) is 30.4. The predicted octanol–water partition coefficient (Wildman–Crippen LogP) is 14.6. The van der Waals surface area contributed by atoms with Crippen molar-refractivity contribution in [2.75, 3.05) is 0 Å². The highest BCUT2D eigenvalue weighted by molar-refractivity contribution is 7.26. The van der Waals surface area contributed by atoms with Crippen molar-refractivity contribution in [2.45, 2.75) is 0 Å². The Morgan fingerprint density at radius 3 is 2.07 bits per heavy atom. The van der Waals surface area contributed by atoms with E-state index in [2.05, 4.69) is 180 Å². The molecular formula is C52H29N3OS. The summed E-state index contributed by atoms with van der Waals surface area (Å²) in [4.78, 5) is 10.8. The normalized spacial score (nSPS) is 12.2. The summed E-state index contributed by atoms with van der Waals surface area (Å²) in [7, 11) is 0. The van der Waals surface area contributed by atoms with E-state index in [1.165, 1.54) is 47.3 Å². The smallest absolute Gasteiger partial charge is 0.235 e. The summed E-state index contributed by atoms with van der Waals surface area (Å²) in [6, 6.07) is 62.8. The zero-order chi connectivity index (χ0) is 37.2. The maximum atomic E-state index is 7.00. The molecule has 0 radical (unpaired) electrons. The fourth-order valence-electron chi connectivity index (χ4n) is 9.30. The van der Waals surface area contributed by atoms with Gasteiger partial charge in [-0.1, -0.05) is 127 Å². The van der Waals surface area contributed by atoms with Crippen molar-refractivity contribution in [1.82, 2.24) is 14.5 Å². The fraction of sp³-hybridized carbons (Fsp3) is 0. The van der Waals surface area contributed by atoms with Crippen LogP contribution >= 0.6 is 11.3 Å². The number of hydrogen-bond donors (Lipinski definition) is 0. The topological polar surface area (TPSA) is 43.9 Å². The van der Waals surface area contributed by atoms with Crippen molar-refractivity contribution in [3.05, 3.63) is 176 Å². The molecular weight excluding hydrogens is 715 g/mol. The molecule has 4 nitrogen and oxygen atoms in total. The third-order valence-electron chi connectivity index (χ3n) is 11.8. The van der Waals surface area contributed by atoms with Crippen LogP contribution in [0.15, 0.2) is 180 Å². The van der Waals surface area contributed by atoms with Gasteiger partial charge in [-0.05, 0) is 81.2 Å². The molecule has 13 rings (SSSR count). The van der Waals surface area contributed by atoms with Crippen molar-refractivity contribution in [1.29, 1.82) is 0 Å². The van der Waals surface area contributed by atoms with Gasteiger partial charge in [0, 0.05) is 47.3 Å². The van der Waals surface area contributed by atoms with Crippen LogP contribution in [0.1, 0.15) is 0 Å². The molecule has 0 saturated heterocycles. The van der Waals surface area contributed by atoms with E-state index in [1.807, 2.05) is 11.3 Å². The Balaban J connectivity index is 1.09. The first-order valence-electron chi connectivity index (χ1n) is 19.2. The highest BCUT2D eigenvalue weighted by Crippen LogP contribution is 2.45. The van der Waals surface area contributed by atoms with E-state index in [1.54, 1.807) is 0 Å². The molecule has 264 valence electrons. The number of aromatic nitrogens is 3. The molecule has 0 aliphatic heterocycles. The molecule has 57 heavy (non-hydrogen) atoms. The number of thiophene rings is 1. The van der Waals surface area contributed by atoms with Crippen molar-refractivity contribution < 1.29 is 4.42 Å². The molecule has 0 amide bonds. The van der Waals surface area contributed by atoms with E-state index >= 15 is 0 Å². The highest BCUT2D eigenvalue weighted by Gasteiger charge is 2.23. The van der Waals surface area contributed by atoms with Crippen LogP contribution in [0.5, 0.6) is 0 Å². The Bertz CT molecular complexity index is 3820. The van der Waals surface area contributed by atoms with Crippen LogP contribution in [0.25, 0.3) is 125 Å². The van der Waals surface area contributed by atoms with E-state index < -0.39 is 0 Å². The Hall–Kier alpha value is -7.34. The van der Waals surface area contributed by atoms with Crippen molar-refractivity contribution in [3.63, 3.8) is 0 Å². The van der Waals surface area contributed by atoms with Gasteiger partial charge in [0.05, 0.1) is 27.6 Å². The van der Waals surface area contributed by atoms with Crippen LogP contribution in [0.3, 0.4) is 0 Å². The second-order valence-electron chi connectivity index (χ2n) is 14.9. The van der Waals surface area contributed by atoms with Gasteiger partial charge in [0.1, 0.15) is 11.2 Å². The number of rotatable bonds is 3. The monoisotopic (exact) mass is 743 g/mol. The molecule has 0 spiro atoms. The van der Waals surface area contributed by atoms with Gasteiger partial charge in [-0.15, -0.1) is 11.3 Å². The van der Waals surface area contributed by atoms with Crippen LogP contribution in [-0.2, 0) is 0 Å². The first-order valence-corrected chi connectivity index (χ1v) is 20.1. The summed E-state index contributed by atoms with van der Waals surface area (Å²) >= 11 is 1.84. The average Bonchev–Trinajstić information content (AvgIpc) is 3.95. The maximum absolute atomic E-state index is 7.00. The van der Waals surface area contributed by atoms with E-state index in [9.17, 15) is 0 Å². The predicted molar refractivity (Wildman–Crippen MR) is 240 cm³/mol. The molecule has 0 saturated carbocycles. The van der Waals surface area contributed by atoms with Crippen LogP contribution in [0.2, 0.25) is 0 Å². The van der Waals surface area contributed by atoms with Gasteiger partial charge in [0.2, 0.25) is 5.95 Å². The number of nitrogens with zero attached hydrogens (tertiary/aromatic N) is 3. The summed E-state index contributed by atoms with van der Waals surface area (Å²) in [5.74, 6) is 0.628. The third-order valence-corrected chi connectivity index (χ3v) is 12.9. The average molecular weight is 744 g/mol. The molecule has 0 atom stereocenters. The zero-order valence-corrected chi connectivity index (χ0v) is 31.2. The standard InChI is InChI=1S/C52H29N3OS/c1-2-12-30(13-3-1)39-29-44-47(35-17-7-6-16-34(35)39)38-24-25-43-49(51(38)56-44)37-19-9-11-21-42(37)55(43)52-53-41-20-10-8-18-36(41)50(54-52)32-23-26-45-40(28-32)48-33-15-5-4-14-31(33)22-27-46(48)57-45/h1-29H. The molecule has 4 aromatic heterocycles. The summed E-state index contributed by atoms with van der Waals surface area (Å²) in [6.07, 6.45) is 0. The second-order valence-corrected chi connectivity index (χ2v) is 15.9. The van der Waals surface area contributed by atoms with Crippen molar-refractivity contribution in [3.8, 4) is 28.3 Å². The Morgan fingerprint density at radius 1 is 0.439 bits per heavy atom. The van der Waals surface area contributed by atoms with Crippen LogP contribution in [0.4, 0.5) is 0 Å². The Labute approximate surface area is 329 Å². The van der Waals surface area contributed by atoms with E-state index in [-0.39, 0.29) is 0 Å². The van der Waals surface area contributed by atoms with Gasteiger partial charge >= 0.3 is 0 Å². The van der Waals surface area contributed by atoms with Crippen LogP contribution in [0, 0.1) is 0 Å². The first-order chi connectivity index (χ1) is 28.3. The minimum atomic E-state index is 0.628. The molecule has 0 fully saturated rings. The third kappa shape index (κ3) is 4.37. The van der Waals surface area contributed by atoms with E-state index in [4.69, 9.17) is 14.4 Å². The van der Waals surface area contributed by atoms with Crippen LogP contribution < -0.4 is 0 Å². The summed E-state index contributed by atoms with van der Waals surface area (Å²) in [6.45, 7) is 0. The number of fused-ring (bicyclic) bond motifs is 15. The lowest BCUT2D eigenvalue weighted by Gasteiger charge is -2.12. The van der Waals surface area contributed by atoms with Gasteiger partial charge in [0.25, 0.3) is 0 Å². The quantitative estimate of drug-likeness (QED) is 0.181. The number of hydrogen-bond acceptors (Lipinski definition) is 4. The SMILES string of the molecule is c1ccc(-c2cc3oc4c(ccc5c4c4ccccc4n5-c4nc(-c5ccc6sc7ccc8ccccc8c7c6c5)c5ccccc5n4)c3c3ccccc23)cc1. The number of para-hydroxylation sites is 2. The second kappa shape index (κ2) is 11.6. The summed E-state index contributed by atoms with van der Waals surface area (Å²) in [5, 5.41) is 12.9. The molecule has 13 aromatic rings. The summed E-state index contributed by atoms with van der Waals surface area (Å²) < 4.78 is 11.8. The fourth-order valence-corrected chi connectivity index (χ4v) is 10.4. The molecule has 0 N–H and O–H groups in total.